The topological polar surface area (TPSA) is 50.1 Å². The zero-order valence-corrected chi connectivity index (χ0v) is 13.5. The third-order valence-corrected chi connectivity index (χ3v) is 4.52. The number of hydrogen-bond acceptors (Lipinski definition) is 3. The zero-order chi connectivity index (χ0) is 15.8. The van der Waals surface area contributed by atoms with Crippen molar-refractivity contribution in [2.45, 2.75) is 78.0 Å². The van der Waals surface area contributed by atoms with Crippen LogP contribution in [0.4, 0.5) is 4.39 Å². The lowest BCUT2D eigenvalue weighted by molar-refractivity contribution is -0.158. The first-order valence-electron chi connectivity index (χ1n) is 8.34. The van der Waals surface area contributed by atoms with Gasteiger partial charge in [0.2, 0.25) is 0 Å². The standard InChI is InChI=1S/C15H22FNO2.C2H6/c1-10-2-4-11(5-3-10)15(18)19-13-7-6-12(9-17)14(16)8-13;1-2/h10-14H,2-8H2,1H3;1-2H3. The van der Waals surface area contributed by atoms with E-state index in [9.17, 15) is 9.18 Å². The summed E-state index contributed by atoms with van der Waals surface area (Å²) in [7, 11) is 0. The second-order valence-corrected chi connectivity index (χ2v) is 6.08. The van der Waals surface area contributed by atoms with Gasteiger partial charge < -0.3 is 4.74 Å². The molecule has 3 atom stereocenters. The number of hydrogen-bond donors (Lipinski definition) is 0. The summed E-state index contributed by atoms with van der Waals surface area (Å²) in [6, 6.07) is 1.98. The fourth-order valence-corrected chi connectivity index (χ4v) is 3.09. The molecule has 0 aliphatic heterocycles. The van der Waals surface area contributed by atoms with Crippen LogP contribution in [0.2, 0.25) is 0 Å². The van der Waals surface area contributed by atoms with Gasteiger partial charge in [-0.3, -0.25) is 4.79 Å². The molecule has 2 fully saturated rings. The molecular formula is C17H28FNO2. The molecule has 0 radical (unpaired) electrons. The molecule has 0 saturated heterocycles. The number of alkyl halides is 1. The molecule has 4 heteroatoms. The van der Waals surface area contributed by atoms with Gasteiger partial charge >= 0.3 is 5.97 Å². The van der Waals surface area contributed by atoms with Crippen molar-refractivity contribution in [3.63, 3.8) is 0 Å². The molecule has 0 bridgehead atoms. The third kappa shape index (κ3) is 5.30. The van der Waals surface area contributed by atoms with Gasteiger partial charge in [0.05, 0.1) is 17.9 Å². The predicted molar refractivity (Wildman–Crippen MR) is 80.2 cm³/mol. The molecule has 2 saturated carbocycles. The van der Waals surface area contributed by atoms with Crippen molar-refractivity contribution in [1.82, 2.24) is 0 Å². The molecule has 2 aliphatic carbocycles. The van der Waals surface area contributed by atoms with E-state index in [-0.39, 0.29) is 24.4 Å². The molecule has 2 rings (SSSR count). The Labute approximate surface area is 127 Å². The second-order valence-electron chi connectivity index (χ2n) is 6.08. The van der Waals surface area contributed by atoms with E-state index in [1.54, 1.807) is 0 Å². The van der Waals surface area contributed by atoms with Crippen LogP contribution in [0, 0.1) is 29.1 Å². The molecule has 0 aromatic carbocycles. The normalized spacial score (nSPS) is 35.9. The van der Waals surface area contributed by atoms with E-state index in [4.69, 9.17) is 10.00 Å². The van der Waals surface area contributed by atoms with Crippen molar-refractivity contribution < 1.29 is 13.9 Å². The number of carbonyl (C=O) groups is 1. The van der Waals surface area contributed by atoms with Crippen LogP contribution in [-0.4, -0.2) is 18.2 Å². The Kier molecular flexibility index (Phi) is 7.71. The molecule has 0 N–H and O–H groups in total. The number of halogens is 1. The maximum atomic E-state index is 13.6. The number of carbonyl (C=O) groups excluding carboxylic acids is 1. The summed E-state index contributed by atoms with van der Waals surface area (Å²) in [4.78, 5) is 12.0. The van der Waals surface area contributed by atoms with Crippen LogP contribution < -0.4 is 0 Å². The minimum Gasteiger partial charge on any atom is -0.462 e. The Bertz CT molecular complexity index is 358. The lowest BCUT2D eigenvalue weighted by Gasteiger charge is -2.30. The van der Waals surface area contributed by atoms with Crippen molar-refractivity contribution >= 4 is 5.97 Å². The van der Waals surface area contributed by atoms with Crippen molar-refractivity contribution in [3.05, 3.63) is 0 Å². The second kappa shape index (κ2) is 9.02. The highest BCUT2D eigenvalue weighted by Gasteiger charge is 2.34. The van der Waals surface area contributed by atoms with Crippen LogP contribution in [0.15, 0.2) is 0 Å². The molecule has 3 nitrogen and oxygen atoms in total. The third-order valence-electron chi connectivity index (χ3n) is 4.52. The lowest BCUT2D eigenvalue weighted by atomic mass is 9.83. The largest absolute Gasteiger partial charge is 0.462 e. The van der Waals surface area contributed by atoms with Gasteiger partial charge in [-0.2, -0.15) is 5.26 Å². The van der Waals surface area contributed by atoms with Crippen LogP contribution in [0.1, 0.15) is 65.7 Å². The molecule has 120 valence electrons. The first-order chi connectivity index (χ1) is 10.1. The maximum absolute atomic E-state index is 13.6. The summed E-state index contributed by atoms with van der Waals surface area (Å²) in [5.41, 5.74) is 0. The van der Waals surface area contributed by atoms with Crippen LogP contribution in [0.3, 0.4) is 0 Å². The Morgan fingerprint density at radius 1 is 1.14 bits per heavy atom. The van der Waals surface area contributed by atoms with Gasteiger partial charge in [-0.15, -0.1) is 0 Å². The number of ether oxygens (including phenoxy) is 1. The van der Waals surface area contributed by atoms with E-state index < -0.39 is 12.1 Å². The highest BCUT2D eigenvalue weighted by Crippen LogP contribution is 2.32. The monoisotopic (exact) mass is 297 g/mol. The Balaban J connectivity index is 0.00000106. The van der Waals surface area contributed by atoms with E-state index >= 15 is 0 Å². The van der Waals surface area contributed by atoms with Crippen LogP contribution in [0.25, 0.3) is 0 Å². The number of rotatable bonds is 2. The van der Waals surface area contributed by atoms with E-state index in [1.165, 1.54) is 0 Å². The van der Waals surface area contributed by atoms with E-state index in [0.29, 0.717) is 18.8 Å². The van der Waals surface area contributed by atoms with Crippen LogP contribution in [-0.2, 0) is 9.53 Å². The first kappa shape index (κ1) is 17.9. The fourth-order valence-electron chi connectivity index (χ4n) is 3.09. The van der Waals surface area contributed by atoms with Gasteiger partial charge in [0.25, 0.3) is 0 Å². The number of nitrogens with zero attached hydrogens (tertiary/aromatic N) is 1. The van der Waals surface area contributed by atoms with Crippen molar-refractivity contribution in [1.29, 1.82) is 5.26 Å². The molecule has 0 aromatic heterocycles. The molecule has 0 aromatic rings. The minimum atomic E-state index is -1.15. The van der Waals surface area contributed by atoms with Crippen molar-refractivity contribution in [3.8, 4) is 6.07 Å². The molecular weight excluding hydrogens is 269 g/mol. The molecule has 0 heterocycles. The average molecular weight is 297 g/mol. The minimum absolute atomic E-state index is 0.00273. The van der Waals surface area contributed by atoms with Gasteiger partial charge in [0.1, 0.15) is 12.3 Å². The summed E-state index contributed by atoms with van der Waals surface area (Å²) in [6.07, 6.45) is 3.77. The Hall–Kier alpha value is -1.11. The lowest BCUT2D eigenvalue weighted by Crippen LogP contribution is -2.34. The van der Waals surface area contributed by atoms with E-state index in [2.05, 4.69) is 6.92 Å². The van der Waals surface area contributed by atoms with Gasteiger partial charge in [-0.05, 0) is 44.4 Å². The summed E-state index contributed by atoms with van der Waals surface area (Å²) in [5.74, 6) is 0.0262. The molecule has 0 amide bonds. The summed E-state index contributed by atoms with van der Waals surface area (Å²) in [5, 5.41) is 8.76. The highest BCUT2D eigenvalue weighted by atomic mass is 19.1. The molecule has 0 spiro atoms. The van der Waals surface area contributed by atoms with Crippen LogP contribution >= 0.6 is 0 Å². The van der Waals surface area contributed by atoms with E-state index in [0.717, 1.165) is 25.7 Å². The average Bonchev–Trinajstić information content (AvgIpc) is 2.50. The zero-order valence-electron chi connectivity index (χ0n) is 13.5. The van der Waals surface area contributed by atoms with Crippen molar-refractivity contribution in [2.75, 3.05) is 0 Å². The van der Waals surface area contributed by atoms with Gasteiger partial charge in [-0.25, -0.2) is 4.39 Å². The number of nitriles is 1. The Morgan fingerprint density at radius 2 is 1.76 bits per heavy atom. The maximum Gasteiger partial charge on any atom is 0.309 e. The fraction of sp³-hybridized carbons (Fsp3) is 0.882. The van der Waals surface area contributed by atoms with Crippen molar-refractivity contribution in [2.24, 2.45) is 17.8 Å². The summed E-state index contributed by atoms with van der Waals surface area (Å²) >= 11 is 0. The van der Waals surface area contributed by atoms with Gasteiger partial charge in [0.15, 0.2) is 0 Å². The molecule has 21 heavy (non-hydrogen) atoms. The Morgan fingerprint density at radius 3 is 2.29 bits per heavy atom. The summed E-state index contributed by atoms with van der Waals surface area (Å²) in [6.45, 7) is 6.21. The first-order valence-corrected chi connectivity index (χ1v) is 8.34. The summed E-state index contributed by atoms with van der Waals surface area (Å²) < 4.78 is 19.1. The SMILES string of the molecule is CC.CC1CCC(C(=O)OC2CCC(C#N)C(F)C2)CC1. The smallest absolute Gasteiger partial charge is 0.309 e. The van der Waals surface area contributed by atoms with E-state index in [1.807, 2.05) is 19.9 Å². The highest BCUT2D eigenvalue weighted by molar-refractivity contribution is 5.72. The van der Waals surface area contributed by atoms with Crippen LogP contribution in [0.5, 0.6) is 0 Å². The molecule has 2 aliphatic rings. The predicted octanol–water partition coefficient (Wildman–Crippen LogP) is 4.41. The quantitative estimate of drug-likeness (QED) is 0.709. The van der Waals surface area contributed by atoms with Gasteiger partial charge in [0, 0.05) is 6.42 Å². The number of esters is 1. The van der Waals surface area contributed by atoms with Gasteiger partial charge in [-0.1, -0.05) is 20.8 Å². The molecule has 3 unspecified atom stereocenters.